The van der Waals surface area contributed by atoms with Gasteiger partial charge in [0.15, 0.2) is 0 Å². The van der Waals surface area contributed by atoms with Gasteiger partial charge in [0.25, 0.3) is 0 Å². The second kappa shape index (κ2) is 4.70. The van der Waals surface area contributed by atoms with Crippen LogP contribution >= 0.6 is 11.3 Å². The van der Waals surface area contributed by atoms with Crippen LogP contribution < -0.4 is 5.73 Å². The molecule has 0 unspecified atom stereocenters. The van der Waals surface area contributed by atoms with Crippen molar-refractivity contribution >= 4 is 17.2 Å². The summed E-state index contributed by atoms with van der Waals surface area (Å²) in [5.74, 6) is 0.730. The molecule has 0 aromatic carbocycles. The third-order valence-electron chi connectivity index (χ3n) is 2.50. The molecule has 2 N–H and O–H groups in total. The maximum absolute atomic E-state index is 5.96. The standard InChI is InChI=1S/C12H17N3S/c1-3-4-5-10-7-11(13)15(14-10)12-6-9(2)8-16-12/h6-8H,3-5,13H2,1-2H3. The summed E-state index contributed by atoms with van der Waals surface area (Å²) in [7, 11) is 0. The molecule has 2 aromatic heterocycles. The van der Waals surface area contributed by atoms with Crippen molar-refractivity contribution in [3.8, 4) is 5.00 Å². The Morgan fingerprint density at radius 3 is 2.88 bits per heavy atom. The lowest BCUT2D eigenvalue weighted by molar-refractivity contribution is 0.756. The van der Waals surface area contributed by atoms with Gasteiger partial charge in [-0.15, -0.1) is 11.3 Å². The summed E-state index contributed by atoms with van der Waals surface area (Å²) in [6.07, 6.45) is 3.36. The summed E-state index contributed by atoms with van der Waals surface area (Å²) in [6.45, 7) is 4.26. The molecule has 0 amide bonds. The minimum absolute atomic E-state index is 0.730. The van der Waals surface area contributed by atoms with E-state index >= 15 is 0 Å². The van der Waals surface area contributed by atoms with Gasteiger partial charge in [-0.2, -0.15) is 5.10 Å². The molecule has 16 heavy (non-hydrogen) atoms. The van der Waals surface area contributed by atoms with Crippen LogP contribution in [0.15, 0.2) is 17.5 Å². The van der Waals surface area contributed by atoms with E-state index in [9.17, 15) is 0 Å². The van der Waals surface area contributed by atoms with Crippen molar-refractivity contribution in [3.63, 3.8) is 0 Å². The second-order valence-electron chi connectivity index (χ2n) is 4.04. The number of aryl methyl sites for hydroxylation is 2. The second-order valence-corrected chi connectivity index (χ2v) is 4.93. The van der Waals surface area contributed by atoms with Crippen LogP contribution in [0.4, 0.5) is 5.82 Å². The van der Waals surface area contributed by atoms with E-state index in [1.54, 1.807) is 11.3 Å². The minimum Gasteiger partial charge on any atom is -0.384 e. The highest BCUT2D eigenvalue weighted by atomic mass is 32.1. The predicted octanol–water partition coefficient (Wildman–Crippen LogP) is 3.17. The van der Waals surface area contributed by atoms with Gasteiger partial charge in [-0.25, -0.2) is 4.68 Å². The van der Waals surface area contributed by atoms with Gasteiger partial charge >= 0.3 is 0 Å². The van der Waals surface area contributed by atoms with Gasteiger partial charge < -0.3 is 5.73 Å². The lowest BCUT2D eigenvalue weighted by Gasteiger charge is -1.98. The number of anilines is 1. The minimum atomic E-state index is 0.730. The molecule has 0 atom stereocenters. The van der Waals surface area contributed by atoms with E-state index in [1.165, 1.54) is 18.4 Å². The first-order valence-corrected chi connectivity index (χ1v) is 6.48. The van der Waals surface area contributed by atoms with Gasteiger partial charge in [0, 0.05) is 6.07 Å². The number of hydrogen-bond acceptors (Lipinski definition) is 3. The van der Waals surface area contributed by atoms with Crippen LogP contribution in [-0.2, 0) is 6.42 Å². The summed E-state index contributed by atoms with van der Waals surface area (Å²) in [5.41, 5.74) is 8.30. The molecule has 0 spiro atoms. The van der Waals surface area contributed by atoms with Crippen molar-refractivity contribution in [2.24, 2.45) is 0 Å². The van der Waals surface area contributed by atoms with Crippen LogP contribution in [0.1, 0.15) is 31.0 Å². The van der Waals surface area contributed by atoms with Gasteiger partial charge in [0.1, 0.15) is 10.8 Å². The van der Waals surface area contributed by atoms with Crippen LogP contribution in [0.2, 0.25) is 0 Å². The Morgan fingerprint density at radius 1 is 1.44 bits per heavy atom. The fourth-order valence-electron chi connectivity index (χ4n) is 1.63. The van der Waals surface area contributed by atoms with Gasteiger partial charge in [-0.05, 0) is 36.8 Å². The molecule has 86 valence electrons. The molecule has 0 aliphatic rings. The molecule has 2 heterocycles. The SMILES string of the molecule is CCCCc1cc(N)n(-c2cc(C)cs2)n1. The molecule has 0 bridgehead atoms. The molecule has 0 saturated carbocycles. The van der Waals surface area contributed by atoms with Crippen LogP contribution in [0.5, 0.6) is 0 Å². The molecule has 4 heteroatoms. The molecule has 0 radical (unpaired) electrons. The number of aromatic nitrogens is 2. The first-order chi connectivity index (χ1) is 7.70. The van der Waals surface area contributed by atoms with Crippen molar-refractivity contribution in [2.75, 3.05) is 5.73 Å². The van der Waals surface area contributed by atoms with Crippen LogP contribution in [0.3, 0.4) is 0 Å². The molecule has 0 saturated heterocycles. The number of nitrogens with zero attached hydrogens (tertiary/aromatic N) is 2. The van der Waals surface area contributed by atoms with Crippen LogP contribution in [-0.4, -0.2) is 9.78 Å². The van der Waals surface area contributed by atoms with E-state index in [0.717, 1.165) is 22.9 Å². The lowest BCUT2D eigenvalue weighted by Crippen LogP contribution is -1.99. The van der Waals surface area contributed by atoms with E-state index in [-0.39, 0.29) is 0 Å². The molecule has 0 aliphatic carbocycles. The van der Waals surface area contributed by atoms with Gasteiger partial charge in [0.05, 0.1) is 5.69 Å². The third-order valence-corrected chi connectivity index (χ3v) is 3.52. The summed E-state index contributed by atoms with van der Waals surface area (Å²) in [6, 6.07) is 4.09. The van der Waals surface area contributed by atoms with Crippen molar-refractivity contribution in [2.45, 2.75) is 33.1 Å². The summed E-state index contributed by atoms with van der Waals surface area (Å²) in [4.78, 5) is 0. The van der Waals surface area contributed by atoms with E-state index in [2.05, 4.69) is 30.4 Å². The van der Waals surface area contributed by atoms with E-state index < -0.39 is 0 Å². The highest BCUT2D eigenvalue weighted by Crippen LogP contribution is 2.22. The molecular formula is C12H17N3S. The zero-order valence-electron chi connectivity index (χ0n) is 9.73. The Balaban J connectivity index is 2.24. The van der Waals surface area contributed by atoms with Gasteiger partial charge in [-0.3, -0.25) is 0 Å². The van der Waals surface area contributed by atoms with E-state index in [4.69, 9.17) is 5.73 Å². The highest BCUT2D eigenvalue weighted by molar-refractivity contribution is 7.12. The normalized spacial score (nSPS) is 10.9. The number of nitrogen functional groups attached to an aromatic ring is 1. The number of nitrogens with two attached hydrogens (primary N) is 1. The molecule has 2 rings (SSSR count). The summed E-state index contributed by atoms with van der Waals surface area (Å²) < 4.78 is 1.84. The lowest BCUT2D eigenvalue weighted by atomic mass is 10.2. The molecule has 2 aromatic rings. The maximum Gasteiger partial charge on any atom is 0.128 e. The monoisotopic (exact) mass is 235 g/mol. The Morgan fingerprint density at radius 2 is 2.25 bits per heavy atom. The van der Waals surface area contributed by atoms with E-state index in [0.29, 0.717) is 0 Å². The van der Waals surface area contributed by atoms with Crippen molar-refractivity contribution in [1.29, 1.82) is 0 Å². The maximum atomic E-state index is 5.96. The fraction of sp³-hybridized carbons (Fsp3) is 0.417. The number of hydrogen-bond donors (Lipinski definition) is 1. The predicted molar refractivity (Wildman–Crippen MR) is 69.2 cm³/mol. The first kappa shape index (κ1) is 11.2. The van der Waals surface area contributed by atoms with Crippen molar-refractivity contribution in [1.82, 2.24) is 9.78 Å². The summed E-state index contributed by atoms with van der Waals surface area (Å²) >= 11 is 1.67. The topological polar surface area (TPSA) is 43.8 Å². The fourth-order valence-corrected chi connectivity index (χ4v) is 2.51. The van der Waals surface area contributed by atoms with Gasteiger partial charge in [-0.1, -0.05) is 13.3 Å². The summed E-state index contributed by atoms with van der Waals surface area (Å²) in [5, 5.41) is 7.74. The largest absolute Gasteiger partial charge is 0.384 e. The molecule has 0 fully saturated rings. The third kappa shape index (κ3) is 2.27. The Hall–Kier alpha value is -1.29. The van der Waals surface area contributed by atoms with Crippen LogP contribution in [0.25, 0.3) is 5.00 Å². The van der Waals surface area contributed by atoms with Gasteiger partial charge in [0.2, 0.25) is 0 Å². The Labute approximate surface area is 99.9 Å². The van der Waals surface area contributed by atoms with Crippen LogP contribution in [0, 0.1) is 6.92 Å². The first-order valence-electron chi connectivity index (χ1n) is 5.60. The van der Waals surface area contributed by atoms with Crippen molar-refractivity contribution in [3.05, 3.63) is 28.8 Å². The smallest absolute Gasteiger partial charge is 0.128 e. The Bertz CT molecular complexity index is 470. The van der Waals surface area contributed by atoms with Crippen molar-refractivity contribution < 1.29 is 0 Å². The highest BCUT2D eigenvalue weighted by Gasteiger charge is 2.07. The molecule has 0 aliphatic heterocycles. The molecular weight excluding hydrogens is 218 g/mol. The average molecular weight is 235 g/mol. The molecule has 3 nitrogen and oxygen atoms in total. The number of thiophene rings is 1. The quantitative estimate of drug-likeness (QED) is 0.884. The average Bonchev–Trinajstić information content (AvgIpc) is 2.82. The Kier molecular flexibility index (Phi) is 3.29. The van der Waals surface area contributed by atoms with E-state index in [1.807, 2.05) is 10.7 Å². The number of rotatable bonds is 4. The zero-order valence-corrected chi connectivity index (χ0v) is 10.5. The number of unbranched alkanes of at least 4 members (excludes halogenated alkanes) is 1. The zero-order chi connectivity index (χ0) is 11.5.